The Balaban J connectivity index is 1.48. The van der Waals surface area contributed by atoms with Crippen LogP contribution in [0.3, 0.4) is 0 Å². The normalized spacial score (nSPS) is 10.3. The van der Waals surface area contributed by atoms with Crippen molar-refractivity contribution < 1.29 is 14.3 Å². The van der Waals surface area contributed by atoms with E-state index < -0.39 is 0 Å². The lowest BCUT2D eigenvalue weighted by atomic mass is 10.1. The van der Waals surface area contributed by atoms with E-state index in [9.17, 15) is 4.79 Å². The molecule has 0 unspecified atom stereocenters. The summed E-state index contributed by atoms with van der Waals surface area (Å²) in [6, 6.07) is 16.6. The summed E-state index contributed by atoms with van der Waals surface area (Å²) in [5, 5.41) is 7.09. The largest absolute Gasteiger partial charge is 0.454 e. The molecule has 0 aliphatic carbocycles. The Morgan fingerprint density at radius 2 is 1.94 bits per heavy atom. The van der Waals surface area contributed by atoms with Crippen LogP contribution in [0.4, 0.5) is 11.5 Å². The van der Waals surface area contributed by atoms with Gasteiger partial charge in [-0.3, -0.25) is 4.79 Å². The van der Waals surface area contributed by atoms with Gasteiger partial charge in [0.05, 0.1) is 12.1 Å². The van der Waals surface area contributed by atoms with Crippen molar-refractivity contribution in [1.29, 1.82) is 0 Å². The van der Waals surface area contributed by atoms with Crippen LogP contribution in [-0.2, 0) is 9.53 Å². The molecule has 0 radical (unpaired) electrons. The van der Waals surface area contributed by atoms with Crippen LogP contribution in [0.1, 0.15) is 5.56 Å². The lowest BCUT2D eigenvalue weighted by Crippen LogP contribution is -2.27. The zero-order valence-electron chi connectivity index (χ0n) is 18.2. The average Bonchev–Trinajstić information content (AvgIpc) is 2.85. The van der Waals surface area contributed by atoms with Crippen molar-refractivity contribution in [2.24, 2.45) is 0 Å². The third-order valence-corrected chi connectivity index (χ3v) is 4.87. The number of hydrogen-bond donors (Lipinski definition) is 2. The van der Waals surface area contributed by atoms with Gasteiger partial charge in [-0.25, -0.2) is 15.0 Å². The Morgan fingerprint density at radius 1 is 1.09 bits per heavy atom. The molecule has 0 bridgehead atoms. The summed E-state index contributed by atoms with van der Waals surface area (Å²) in [6.07, 6.45) is 3.11. The molecule has 0 saturated carbocycles. The molecule has 1 amide bonds. The number of aromatic nitrogens is 3. The van der Waals surface area contributed by atoms with E-state index in [0.29, 0.717) is 22.5 Å². The van der Waals surface area contributed by atoms with Gasteiger partial charge >= 0.3 is 0 Å². The van der Waals surface area contributed by atoms with Crippen LogP contribution in [0.15, 0.2) is 67.1 Å². The molecule has 0 atom stereocenters. The van der Waals surface area contributed by atoms with Gasteiger partial charge in [-0.15, -0.1) is 0 Å². The van der Waals surface area contributed by atoms with E-state index in [-0.39, 0.29) is 19.1 Å². The molecule has 34 heavy (non-hydrogen) atoms. The van der Waals surface area contributed by atoms with Crippen LogP contribution in [0.2, 0.25) is 5.15 Å². The standard InChI is InChI=1S/C25H20ClN5O3/c1-33-15-23(32)27-12-2-4-17-6-11-21-20(14-17)25(30-16-29-21)31-18-7-9-19(10-8-18)34-22-5-3-13-28-24(22)26/h3,5-11,13-14,16H,12,15H2,1H3,(H,27,32)(H,29,30,31). The summed E-state index contributed by atoms with van der Waals surface area (Å²) in [7, 11) is 1.47. The minimum absolute atomic E-state index is 0.00827. The van der Waals surface area contributed by atoms with Gasteiger partial charge in [0.15, 0.2) is 10.9 Å². The van der Waals surface area contributed by atoms with Gasteiger partial charge in [0, 0.05) is 29.9 Å². The Morgan fingerprint density at radius 3 is 2.74 bits per heavy atom. The van der Waals surface area contributed by atoms with Gasteiger partial charge in [-0.05, 0) is 54.6 Å². The first-order valence-electron chi connectivity index (χ1n) is 10.3. The number of ether oxygens (including phenoxy) is 2. The predicted molar refractivity (Wildman–Crippen MR) is 130 cm³/mol. The monoisotopic (exact) mass is 473 g/mol. The number of benzene rings is 2. The molecule has 2 heterocycles. The van der Waals surface area contributed by atoms with Gasteiger partial charge in [0.2, 0.25) is 5.91 Å². The molecule has 170 valence electrons. The second kappa shape index (κ2) is 11.1. The van der Waals surface area contributed by atoms with Crippen molar-refractivity contribution in [1.82, 2.24) is 20.3 Å². The summed E-state index contributed by atoms with van der Waals surface area (Å²) in [5.74, 6) is 7.51. The fourth-order valence-corrected chi connectivity index (χ4v) is 3.18. The fraction of sp³-hybridized carbons (Fsp3) is 0.120. The summed E-state index contributed by atoms with van der Waals surface area (Å²) in [6.45, 7) is 0.240. The summed E-state index contributed by atoms with van der Waals surface area (Å²) in [5.41, 5.74) is 2.38. The van der Waals surface area contributed by atoms with Crippen molar-refractivity contribution in [2.75, 3.05) is 25.6 Å². The zero-order valence-corrected chi connectivity index (χ0v) is 19.0. The van der Waals surface area contributed by atoms with E-state index in [1.54, 1.807) is 18.3 Å². The molecule has 0 saturated heterocycles. The van der Waals surface area contributed by atoms with E-state index >= 15 is 0 Å². The molecule has 0 spiro atoms. The molecule has 9 heteroatoms. The average molecular weight is 474 g/mol. The summed E-state index contributed by atoms with van der Waals surface area (Å²) < 4.78 is 10.6. The topological polar surface area (TPSA) is 98.3 Å². The smallest absolute Gasteiger partial charge is 0.246 e. The number of halogens is 1. The number of pyridine rings is 1. The number of carbonyl (C=O) groups is 1. The van der Waals surface area contributed by atoms with Crippen molar-refractivity contribution in [2.45, 2.75) is 0 Å². The van der Waals surface area contributed by atoms with Crippen LogP contribution in [0.25, 0.3) is 10.9 Å². The quantitative estimate of drug-likeness (QED) is 0.304. The number of nitrogens with zero attached hydrogens (tertiary/aromatic N) is 3. The first-order valence-corrected chi connectivity index (χ1v) is 10.6. The second-order valence-corrected chi connectivity index (χ2v) is 7.37. The van der Waals surface area contributed by atoms with Gasteiger partial charge in [0.1, 0.15) is 24.5 Å². The molecule has 4 rings (SSSR count). The molecule has 2 aromatic heterocycles. The first kappa shape index (κ1) is 23.0. The third-order valence-electron chi connectivity index (χ3n) is 4.59. The van der Waals surface area contributed by atoms with E-state index in [4.69, 9.17) is 21.1 Å². The minimum atomic E-state index is -0.213. The molecule has 0 fully saturated rings. The number of rotatable bonds is 7. The zero-order chi connectivity index (χ0) is 23.8. The maximum Gasteiger partial charge on any atom is 0.246 e. The van der Waals surface area contributed by atoms with Gasteiger partial charge < -0.3 is 20.1 Å². The minimum Gasteiger partial charge on any atom is -0.454 e. The van der Waals surface area contributed by atoms with E-state index in [0.717, 1.165) is 22.2 Å². The Kier molecular flexibility index (Phi) is 7.50. The van der Waals surface area contributed by atoms with Crippen molar-refractivity contribution >= 4 is 39.9 Å². The number of carbonyl (C=O) groups excluding carboxylic acids is 1. The van der Waals surface area contributed by atoms with Crippen molar-refractivity contribution in [3.63, 3.8) is 0 Å². The van der Waals surface area contributed by atoms with Crippen LogP contribution in [-0.4, -0.2) is 41.1 Å². The van der Waals surface area contributed by atoms with Crippen LogP contribution in [0, 0.1) is 11.8 Å². The molecule has 0 aliphatic heterocycles. The summed E-state index contributed by atoms with van der Waals surface area (Å²) >= 11 is 6.05. The number of fused-ring (bicyclic) bond motifs is 1. The maximum atomic E-state index is 11.4. The number of hydrogen-bond acceptors (Lipinski definition) is 7. The van der Waals surface area contributed by atoms with Crippen molar-refractivity contribution in [3.8, 4) is 23.3 Å². The van der Waals surface area contributed by atoms with Gasteiger partial charge in [-0.2, -0.15) is 0 Å². The lowest BCUT2D eigenvalue weighted by molar-refractivity contribution is -0.124. The van der Waals surface area contributed by atoms with Gasteiger partial charge in [0.25, 0.3) is 0 Å². The van der Waals surface area contributed by atoms with Crippen LogP contribution >= 0.6 is 11.6 Å². The number of anilines is 2. The third kappa shape index (κ3) is 5.98. The van der Waals surface area contributed by atoms with Crippen LogP contribution in [0.5, 0.6) is 11.5 Å². The summed E-state index contributed by atoms with van der Waals surface area (Å²) in [4.78, 5) is 24.1. The highest BCUT2D eigenvalue weighted by Gasteiger charge is 2.07. The maximum absolute atomic E-state index is 11.4. The van der Waals surface area contributed by atoms with Gasteiger partial charge in [-0.1, -0.05) is 23.4 Å². The predicted octanol–water partition coefficient (Wildman–Crippen LogP) is 4.33. The molecule has 4 aromatic rings. The Labute approximate surface area is 201 Å². The highest BCUT2D eigenvalue weighted by molar-refractivity contribution is 6.30. The van der Waals surface area contributed by atoms with E-state index in [2.05, 4.69) is 37.4 Å². The Bertz CT molecular complexity index is 1370. The first-order chi connectivity index (χ1) is 16.6. The van der Waals surface area contributed by atoms with E-state index in [1.807, 2.05) is 42.5 Å². The molecule has 2 N–H and O–H groups in total. The SMILES string of the molecule is COCC(=O)NCC#Cc1ccc2ncnc(Nc3ccc(Oc4cccnc4Cl)cc3)c2c1. The molecular weight excluding hydrogens is 454 g/mol. The second-order valence-electron chi connectivity index (χ2n) is 7.01. The number of amides is 1. The van der Waals surface area contributed by atoms with E-state index in [1.165, 1.54) is 13.4 Å². The number of methoxy groups -OCH3 is 1. The molecular formula is C25H20ClN5O3. The molecule has 0 aliphatic rings. The number of nitrogens with one attached hydrogen (secondary N) is 2. The Hall–Kier alpha value is -4.19. The highest BCUT2D eigenvalue weighted by Crippen LogP contribution is 2.29. The fourth-order valence-electron chi connectivity index (χ4n) is 3.02. The highest BCUT2D eigenvalue weighted by atomic mass is 35.5. The van der Waals surface area contributed by atoms with Crippen LogP contribution < -0.4 is 15.4 Å². The molecule has 8 nitrogen and oxygen atoms in total. The van der Waals surface area contributed by atoms with Crippen molar-refractivity contribution in [3.05, 3.63) is 77.8 Å². The molecule has 2 aromatic carbocycles. The lowest BCUT2D eigenvalue weighted by Gasteiger charge is -2.10.